The highest BCUT2D eigenvalue weighted by Gasteiger charge is 2.12. The summed E-state index contributed by atoms with van der Waals surface area (Å²) in [5.74, 6) is 0.935. The second-order valence-corrected chi connectivity index (χ2v) is 4.05. The van der Waals surface area contributed by atoms with Crippen molar-refractivity contribution in [3.05, 3.63) is 34.9 Å². The number of thioether (sulfide) groups is 1. The third-order valence-electron chi connectivity index (χ3n) is 1.67. The fraction of sp³-hybridized carbons (Fsp3) is 0.222. The molecule has 2 nitrogen and oxygen atoms in total. The number of oxime groups is 1. The molecule has 0 saturated carbocycles. The molecule has 1 aromatic carbocycles. The van der Waals surface area contributed by atoms with Crippen molar-refractivity contribution in [2.45, 2.75) is 0 Å². The number of benzene rings is 1. The van der Waals surface area contributed by atoms with E-state index in [-0.39, 0.29) is 0 Å². The van der Waals surface area contributed by atoms with Crippen LogP contribution in [-0.4, -0.2) is 17.4 Å². The average molecular weight is 214 g/mol. The molecule has 0 N–H and O–H groups in total. The van der Waals surface area contributed by atoms with Crippen LogP contribution in [0.4, 0.5) is 0 Å². The van der Waals surface area contributed by atoms with Gasteiger partial charge in [0.1, 0.15) is 11.7 Å². The van der Waals surface area contributed by atoms with E-state index in [1.807, 2.05) is 24.3 Å². The van der Waals surface area contributed by atoms with Gasteiger partial charge in [0, 0.05) is 11.3 Å². The molecule has 0 aliphatic carbocycles. The van der Waals surface area contributed by atoms with Gasteiger partial charge in [-0.2, -0.15) is 0 Å². The van der Waals surface area contributed by atoms with Gasteiger partial charge in [0.05, 0.1) is 5.02 Å². The SMILES string of the molecule is Clc1ccccc1C1=NOCCS1. The summed E-state index contributed by atoms with van der Waals surface area (Å²) in [7, 11) is 0. The number of hydrogen-bond acceptors (Lipinski definition) is 3. The molecule has 0 aromatic heterocycles. The van der Waals surface area contributed by atoms with Gasteiger partial charge in [-0.1, -0.05) is 46.7 Å². The first-order valence-electron chi connectivity index (χ1n) is 3.95. The van der Waals surface area contributed by atoms with Crippen LogP contribution in [0.2, 0.25) is 5.02 Å². The predicted molar refractivity (Wildman–Crippen MR) is 56.4 cm³/mol. The number of nitrogens with zero attached hydrogens (tertiary/aromatic N) is 1. The molecule has 0 unspecified atom stereocenters. The zero-order chi connectivity index (χ0) is 9.10. The van der Waals surface area contributed by atoms with Gasteiger partial charge in [0.25, 0.3) is 0 Å². The van der Waals surface area contributed by atoms with E-state index >= 15 is 0 Å². The van der Waals surface area contributed by atoms with E-state index in [9.17, 15) is 0 Å². The number of hydrogen-bond donors (Lipinski definition) is 0. The normalized spacial score (nSPS) is 16.2. The van der Waals surface area contributed by atoms with E-state index in [2.05, 4.69) is 5.16 Å². The minimum absolute atomic E-state index is 0.679. The zero-order valence-corrected chi connectivity index (χ0v) is 8.44. The van der Waals surface area contributed by atoms with E-state index in [1.54, 1.807) is 11.8 Å². The highest BCUT2D eigenvalue weighted by atomic mass is 35.5. The Morgan fingerprint density at radius 1 is 1.38 bits per heavy atom. The van der Waals surface area contributed by atoms with Gasteiger partial charge in [-0.05, 0) is 6.07 Å². The molecular formula is C9H8ClNOS. The van der Waals surface area contributed by atoms with Crippen LogP contribution in [0, 0.1) is 0 Å². The molecule has 0 atom stereocenters. The largest absolute Gasteiger partial charge is 0.394 e. The van der Waals surface area contributed by atoms with Crippen molar-refractivity contribution in [3.63, 3.8) is 0 Å². The lowest BCUT2D eigenvalue weighted by Gasteiger charge is -2.11. The smallest absolute Gasteiger partial charge is 0.144 e. The van der Waals surface area contributed by atoms with Crippen molar-refractivity contribution >= 4 is 28.4 Å². The molecule has 0 amide bonds. The van der Waals surface area contributed by atoms with Gasteiger partial charge in [-0.3, -0.25) is 0 Å². The molecule has 0 radical (unpaired) electrons. The van der Waals surface area contributed by atoms with E-state index < -0.39 is 0 Å². The second-order valence-electron chi connectivity index (χ2n) is 2.56. The Balaban J connectivity index is 2.34. The average Bonchev–Trinajstić information content (AvgIpc) is 2.20. The molecule has 68 valence electrons. The van der Waals surface area contributed by atoms with Crippen molar-refractivity contribution in [1.29, 1.82) is 0 Å². The Kier molecular flexibility index (Phi) is 2.76. The lowest BCUT2D eigenvalue weighted by atomic mass is 10.2. The summed E-state index contributed by atoms with van der Waals surface area (Å²) >= 11 is 7.68. The molecule has 1 aliphatic heterocycles. The molecule has 0 saturated heterocycles. The first-order chi connectivity index (χ1) is 6.38. The predicted octanol–water partition coefficient (Wildman–Crippen LogP) is 2.77. The standard InChI is InChI=1S/C9H8ClNOS/c10-8-4-2-1-3-7(8)9-11-12-5-6-13-9/h1-4H,5-6H2. The van der Waals surface area contributed by atoms with Gasteiger partial charge >= 0.3 is 0 Å². The first kappa shape index (κ1) is 8.91. The topological polar surface area (TPSA) is 21.6 Å². The van der Waals surface area contributed by atoms with Crippen LogP contribution in [0.1, 0.15) is 5.56 Å². The van der Waals surface area contributed by atoms with Crippen LogP contribution in [-0.2, 0) is 4.84 Å². The lowest BCUT2D eigenvalue weighted by molar-refractivity contribution is 0.160. The van der Waals surface area contributed by atoms with E-state index in [0.29, 0.717) is 6.61 Å². The Labute approximate surface area is 85.9 Å². The molecule has 0 spiro atoms. The minimum atomic E-state index is 0.679. The summed E-state index contributed by atoms with van der Waals surface area (Å²) in [5.41, 5.74) is 0.953. The summed E-state index contributed by atoms with van der Waals surface area (Å²) in [6.45, 7) is 0.679. The molecule has 4 heteroatoms. The van der Waals surface area contributed by atoms with Crippen molar-refractivity contribution in [2.24, 2.45) is 5.16 Å². The molecule has 0 fully saturated rings. The third kappa shape index (κ3) is 1.98. The van der Waals surface area contributed by atoms with Crippen molar-refractivity contribution in [1.82, 2.24) is 0 Å². The van der Waals surface area contributed by atoms with E-state index in [1.165, 1.54) is 0 Å². The van der Waals surface area contributed by atoms with Gasteiger partial charge in [0.15, 0.2) is 0 Å². The van der Waals surface area contributed by atoms with E-state index in [4.69, 9.17) is 16.4 Å². The van der Waals surface area contributed by atoms with Crippen molar-refractivity contribution in [3.8, 4) is 0 Å². The maximum absolute atomic E-state index is 6.01. The maximum Gasteiger partial charge on any atom is 0.144 e. The Morgan fingerprint density at radius 3 is 2.92 bits per heavy atom. The van der Waals surface area contributed by atoms with E-state index in [0.717, 1.165) is 21.4 Å². The Hall–Kier alpha value is -0.670. The fourth-order valence-electron chi connectivity index (χ4n) is 1.07. The maximum atomic E-state index is 6.01. The van der Waals surface area contributed by atoms with Crippen molar-refractivity contribution < 1.29 is 4.84 Å². The quantitative estimate of drug-likeness (QED) is 0.716. The molecule has 1 aliphatic rings. The number of rotatable bonds is 1. The van der Waals surface area contributed by atoms with Gasteiger partial charge < -0.3 is 4.84 Å². The highest BCUT2D eigenvalue weighted by Crippen LogP contribution is 2.23. The molecule has 0 bridgehead atoms. The second kappa shape index (κ2) is 4.03. The molecule has 2 rings (SSSR count). The summed E-state index contributed by atoms with van der Waals surface area (Å²) in [5, 5.41) is 5.55. The summed E-state index contributed by atoms with van der Waals surface area (Å²) in [6.07, 6.45) is 0. The highest BCUT2D eigenvalue weighted by molar-refractivity contribution is 8.14. The van der Waals surface area contributed by atoms with Gasteiger partial charge in [0.2, 0.25) is 0 Å². The van der Waals surface area contributed by atoms with Gasteiger partial charge in [-0.15, -0.1) is 0 Å². The van der Waals surface area contributed by atoms with Crippen molar-refractivity contribution in [2.75, 3.05) is 12.4 Å². The molecule has 1 heterocycles. The monoisotopic (exact) mass is 213 g/mol. The first-order valence-corrected chi connectivity index (χ1v) is 5.32. The summed E-state index contributed by atoms with van der Waals surface area (Å²) < 4.78 is 0. The minimum Gasteiger partial charge on any atom is -0.394 e. The molecule has 1 aromatic rings. The third-order valence-corrected chi connectivity index (χ3v) is 2.93. The Morgan fingerprint density at radius 2 is 2.23 bits per heavy atom. The molecular weight excluding hydrogens is 206 g/mol. The van der Waals surface area contributed by atoms with Crippen LogP contribution in [0.5, 0.6) is 0 Å². The zero-order valence-electron chi connectivity index (χ0n) is 6.87. The van der Waals surface area contributed by atoms with Crippen LogP contribution in [0.15, 0.2) is 29.4 Å². The molecule has 13 heavy (non-hydrogen) atoms. The number of halogens is 1. The lowest BCUT2D eigenvalue weighted by Crippen LogP contribution is -2.07. The van der Waals surface area contributed by atoms with Crippen LogP contribution < -0.4 is 0 Å². The summed E-state index contributed by atoms with van der Waals surface area (Å²) in [6, 6.07) is 7.65. The van der Waals surface area contributed by atoms with Crippen LogP contribution in [0.25, 0.3) is 0 Å². The van der Waals surface area contributed by atoms with Crippen LogP contribution in [0.3, 0.4) is 0 Å². The summed E-state index contributed by atoms with van der Waals surface area (Å²) in [4.78, 5) is 5.00. The van der Waals surface area contributed by atoms with Gasteiger partial charge in [-0.25, -0.2) is 0 Å². The Bertz CT molecular complexity index is 340. The fourth-order valence-corrected chi connectivity index (χ4v) is 2.14. The van der Waals surface area contributed by atoms with Crippen LogP contribution >= 0.6 is 23.4 Å².